The molecule has 2 aromatic carbocycles. The minimum Gasteiger partial charge on any atom is -0.355 e. The van der Waals surface area contributed by atoms with E-state index in [-0.39, 0.29) is 29.9 Å². The van der Waals surface area contributed by atoms with Crippen LogP contribution in [0.4, 0.5) is 0 Å². The highest BCUT2D eigenvalue weighted by Crippen LogP contribution is 2.09. The van der Waals surface area contributed by atoms with Gasteiger partial charge in [-0.3, -0.25) is 9.79 Å². The van der Waals surface area contributed by atoms with Crippen molar-refractivity contribution in [1.29, 1.82) is 0 Å². The fourth-order valence-corrected chi connectivity index (χ4v) is 2.69. The van der Waals surface area contributed by atoms with Crippen LogP contribution in [-0.2, 0) is 6.54 Å². The lowest BCUT2D eigenvalue weighted by Crippen LogP contribution is -2.41. The number of benzene rings is 2. The van der Waals surface area contributed by atoms with E-state index in [1.54, 1.807) is 7.05 Å². The summed E-state index contributed by atoms with van der Waals surface area (Å²) < 4.78 is 0. The molecule has 1 amide bonds. The van der Waals surface area contributed by atoms with Crippen molar-refractivity contribution in [3.8, 4) is 0 Å². The molecule has 0 bridgehead atoms. The van der Waals surface area contributed by atoms with Gasteiger partial charge in [-0.05, 0) is 44.0 Å². The molecule has 0 saturated carbocycles. The van der Waals surface area contributed by atoms with Crippen LogP contribution < -0.4 is 16.0 Å². The zero-order chi connectivity index (χ0) is 18.9. The van der Waals surface area contributed by atoms with Crippen molar-refractivity contribution in [2.45, 2.75) is 27.3 Å². The monoisotopic (exact) mass is 480 g/mol. The summed E-state index contributed by atoms with van der Waals surface area (Å²) in [5.74, 6) is 0.656. The second-order valence-corrected chi connectivity index (χ2v) is 6.41. The molecule has 0 fully saturated rings. The highest BCUT2D eigenvalue weighted by Gasteiger charge is 2.05. The summed E-state index contributed by atoms with van der Waals surface area (Å²) in [5.41, 5.74) is 5.52. The van der Waals surface area contributed by atoms with Crippen molar-refractivity contribution in [3.63, 3.8) is 0 Å². The zero-order valence-corrected chi connectivity index (χ0v) is 18.8. The number of hydrogen-bond acceptors (Lipinski definition) is 2. The number of carbonyl (C=O) groups is 1. The van der Waals surface area contributed by atoms with Crippen molar-refractivity contribution in [1.82, 2.24) is 16.0 Å². The van der Waals surface area contributed by atoms with Gasteiger partial charge in [-0.25, -0.2) is 0 Å². The Morgan fingerprint density at radius 1 is 0.926 bits per heavy atom. The van der Waals surface area contributed by atoms with Crippen LogP contribution in [0.1, 0.15) is 32.6 Å². The van der Waals surface area contributed by atoms with Gasteiger partial charge in [0, 0.05) is 32.2 Å². The number of guanidine groups is 1. The van der Waals surface area contributed by atoms with Gasteiger partial charge in [0.2, 0.25) is 0 Å². The van der Waals surface area contributed by atoms with E-state index in [4.69, 9.17) is 0 Å². The maximum Gasteiger partial charge on any atom is 0.251 e. The molecule has 0 aliphatic rings. The van der Waals surface area contributed by atoms with Crippen molar-refractivity contribution in [2.24, 2.45) is 4.99 Å². The largest absolute Gasteiger partial charge is 0.355 e. The van der Waals surface area contributed by atoms with E-state index in [9.17, 15) is 4.79 Å². The molecule has 0 unspecified atom stereocenters. The van der Waals surface area contributed by atoms with Gasteiger partial charge in [0.25, 0.3) is 5.91 Å². The first-order valence-electron chi connectivity index (χ1n) is 8.85. The van der Waals surface area contributed by atoms with Crippen LogP contribution >= 0.6 is 24.0 Å². The lowest BCUT2D eigenvalue weighted by molar-refractivity contribution is 0.0954. The van der Waals surface area contributed by atoms with E-state index in [1.165, 1.54) is 16.7 Å². The summed E-state index contributed by atoms with van der Waals surface area (Å²) >= 11 is 0. The summed E-state index contributed by atoms with van der Waals surface area (Å²) in [5, 5.41) is 9.42. The average molecular weight is 480 g/mol. The van der Waals surface area contributed by atoms with E-state index < -0.39 is 0 Å². The lowest BCUT2D eigenvalue weighted by atomic mass is 10.1. The molecule has 6 heteroatoms. The van der Waals surface area contributed by atoms with Gasteiger partial charge in [-0.1, -0.05) is 41.5 Å². The molecule has 0 atom stereocenters. The number of rotatable bonds is 6. The van der Waals surface area contributed by atoms with Gasteiger partial charge in [-0.15, -0.1) is 24.0 Å². The van der Waals surface area contributed by atoms with E-state index in [0.717, 1.165) is 11.5 Å². The van der Waals surface area contributed by atoms with Gasteiger partial charge >= 0.3 is 0 Å². The molecule has 27 heavy (non-hydrogen) atoms. The second kappa shape index (κ2) is 11.6. The first-order chi connectivity index (χ1) is 12.5. The predicted molar refractivity (Wildman–Crippen MR) is 123 cm³/mol. The molecule has 0 radical (unpaired) electrons. The van der Waals surface area contributed by atoms with Crippen molar-refractivity contribution >= 4 is 35.8 Å². The molecule has 0 heterocycles. The summed E-state index contributed by atoms with van der Waals surface area (Å²) in [6.45, 7) is 8.02. The SMILES string of the molecule is CN=C(NCCNC(=O)c1cccc(C)c1)NCc1ccc(C)cc1C.I. The second-order valence-electron chi connectivity index (χ2n) is 6.41. The smallest absolute Gasteiger partial charge is 0.251 e. The van der Waals surface area contributed by atoms with Crippen LogP contribution in [0.2, 0.25) is 0 Å². The van der Waals surface area contributed by atoms with Crippen LogP contribution in [0.15, 0.2) is 47.5 Å². The number of nitrogens with one attached hydrogen (secondary N) is 3. The quantitative estimate of drug-likeness (QED) is 0.257. The van der Waals surface area contributed by atoms with Crippen LogP contribution in [-0.4, -0.2) is 32.0 Å². The van der Waals surface area contributed by atoms with Gasteiger partial charge in [0.1, 0.15) is 0 Å². The minimum absolute atomic E-state index is 0. The third-order valence-electron chi connectivity index (χ3n) is 4.15. The topological polar surface area (TPSA) is 65.5 Å². The molecule has 0 aliphatic heterocycles. The van der Waals surface area contributed by atoms with E-state index in [2.05, 4.69) is 53.0 Å². The van der Waals surface area contributed by atoms with Gasteiger partial charge in [-0.2, -0.15) is 0 Å². The summed E-state index contributed by atoms with van der Waals surface area (Å²) in [6.07, 6.45) is 0. The van der Waals surface area contributed by atoms with Crippen LogP contribution in [0, 0.1) is 20.8 Å². The molecule has 0 aromatic heterocycles. The lowest BCUT2D eigenvalue weighted by Gasteiger charge is -2.14. The Labute approximate surface area is 179 Å². The molecule has 2 aromatic rings. The Morgan fingerprint density at radius 2 is 1.63 bits per heavy atom. The maximum absolute atomic E-state index is 12.1. The van der Waals surface area contributed by atoms with Gasteiger partial charge in [0.15, 0.2) is 5.96 Å². The Balaban J connectivity index is 0.00000364. The average Bonchev–Trinajstić information content (AvgIpc) is 2.62. The van der Waals surface area contributed by atoms with Crippen molar-refractivity contribution < 1.29 is 4.79 Å². The van der Waals surface area contributed by atoms with Crippen LogP contribution in [0.3, 0.4) is 0 Å². The number of carbonyl (C=O) groups excluding carboxylic acids is 1. The zero-order valence-electron chi connectivity index (χ0n) is 16.4. The van der Waals surface area contributed by atoms with E-state index >= 15 is 0 Å². The number of aliphatic imine (C=N–C) groups is 1. The van der Waals surface area contributed by atoms with Gasteiger partial charge < -0.3 is 16.0 Å². The summed E-state index contributed by atoms with van der Waals surface area (Å²) in [4.78, 5) is 16.3. The standard InChI is InChI=1S/C21H28N4O.HI/c1-15-6-5-7-18(13-15)20(26)23-10-11-24-21(22-4)25-14-19-9-8-16(2)12-17(19)3;/h5-9,12-13H,10-11,14H2,1-4H3,(H,23,26)(H2,22,24,25);1H. The Kier molecular flexibility index (Phi) is 9.85. The fourth-order valence-electron chi connectivity index (χ4n) is 2.69. The fraction of sp³-hybridized carbons (Fsp3) is 0.333. The van der Waals surface area contributed by atoms with Crippen molar-refractivity contribution in [2.75, 3.05) is 20.1 Å². The Bertz CT molecular complexity index is 790. The Hall–Kier alpha value is -2.09. The maximum atomic E-state index is 12.1. The number of aryl methyl sites for hydroxylation is 3. The first-order valence-corrected chi connectivity index (χ1v) is 8.85. The number of nitrogens with zero attached hydrogens (tertiary/aromatic N) is 1. The molecule has 3 N–H and O–H groups in total. The molecule has 146 valence electrons. The molecule has 0 saturated heterocycles. The Morgan fingerprint density at radius 3 is 2.30 bits per heavy atom. The third kappa shape index (κ3) is 7.58. The highest BCUT2D eigenvalue weighted by atomic mass is 127. The molecule has 5 nitrogen and oxygen atoms in total. The van der Waals surface area contributed by atoms with Crippen molar-refractivity contribution in [3.05, 3.63) is 70.3 Å². The normalized spacial score (nSPS) is 10.7. The number of hydrogen-bond donors (Lipinski definition) is 3. The van der Waals surface area contributed by atoms with E-state index in [0.29, 0.717) is 25.2 Å². The minimum atomic E-state index is -0.0614. The number of halogens is 1. The molecule has 2 rings (SSSR count). The summed E-state index contributed by atoms with van der Waals surface area (Å²) in [7, 11) is 1.74. The third-order valence-corrected chi connectivity index (χ3v) is 4.15. The van der Waals surface area contributed by atoms with Crippen LogP contribution in [0.25, 0.3) is 0 Å². The summed E-state index contributed by atoms with van der Waals surface area (Å²) in [6, 6.07) is 14.0. The molecule has 0 spiro atoms. The molecule has 0 aliphatic carbocycles. The number of amides is 1. The molecular weight excluding hydrogens is 451 g/mol. The van der Waals surface area contributed by atoms with E-state index in [1.807, 2.05) is 31.2 Å². The van der Waals surface area contributed by atoms with Crippen LogP contribution in [0.5, 0.6) is 0 Å². The predicted octanol–water partition coefficient (Wildman–Crippen LogP) is 3.32. The highest BCUT2D eigenvalue weighted by molar-refractivity contribution is 14.0. The van der Waals surface area contributed by atoms with Gasteiger partial charge in [0.05, 0.1) is 0 Å². The molecular formula is C21H29IN4O. The first kappa shape index (κ1) is 23.0.